The van der Waals surface area contributed by atoms with Gasteiger partial charge in [0.05, 0.1) is 0 Å². The second-order valence-corrected chi connectivity index (χ2v) is 3.16. The molecule has 0 spiro atoms. The molecule has 0 saturated heterocycles. The van der Waals surface area contributed by atoms with E-state index in [1.807, 2.05) is 6.92 Å². The lowest BCUT2D eigenvalue weighted by Gasteiger charge is -2.23. The largest absolute Gasteiger partial charge is 0.345 e. The summed E-state index contributed by atoms with van der Waals surface area (Å²) in [5, 5.41) is 2.93. The lowest BCUT2D eigenvalue weighted by atomic mass is 9.92. The van der Waals surface area contributed by atoms with Crippen LogP contribution >= 0.6 is 12.8 Å². The van der Waals surface area contributed by atoms with Crippen LogP contribution in [0.3, 0.4) is 0 Å². The second-order valence-electron chi connectivity index (χ2n) is 2.56. The van der Waals surface area contributed by atoms with Crippen molar-refractivity contribution in [1.29, 1.82) is 0 Å². The number of hydrogen-bond donors (Lipinski definition) is 2. The van der Waals surface area contributed by atoms with Crippen LogP contribution in [0.5, 0.6) is 0 Å². The van der Waals surface area contributed by atoms with Crippen molar-refractivity contribution in [2.45, 2.75) is 6.92 Å². The Morgan fingerprint density at radius 3 is 2.75 bits per heavy atom. The molecule has 3 nitrogen and oxygen atoms in total. The van der Waals surface area contributed by atoms with Crippen molar-refractivity contribution in [3.05, 3.63) is 23.6 Å². The summed E-state index contributed by atoms with van der Waals surface area (Å²) in [5.74, 6) is 1.39. The Morgan fingerprint density at radius 1 is 1.67 bits per heavy atom. The summed E-state index contributed by atoms with van der Waals surface area (Å²) in [6.07, 6.45) is 0. The van der Waals surface area contributed by atoms with E-state index in [2.05, 4.69) is 29.7 Å². The molecule has 5 heteroatoms. The number of hydrogen-bond acceptors (Lipinski definition) is 4. The third-order valence-electron chi connectivity index (χ3n) is 1.48. The highest BCUT2D eigenvalue weighted by Gasteiger charge is 2.12. The first kappa shape index (κ1) is 9.25. The molecule has 0 amide bonds. The molecule has 1 heterocycles. The van der Waals surface area contributed by atoms with Crippen LogP contribution in [0.2, 0.25) is 0 Å². The Morgan fingerprint density at radius 2 is 2.25 bits per heavy atom. The molecule has 0 fully saturated rings. The van der Waals surface area contributed by atoms with Gasteiger partial charge in [-0.05, 0) is 12.4 Å². The van der Waals surface area contributed by atoms with Gasteiger partial charge in [0.1, 0.15) is 19.5 Å². The number of nitrogens with zero attached hydrogens (tertiary/aromatic N) is 2. The Bertz CT molecular complexity index is 280. The Hall–Kier alpha value is -0.835. The standard InChI is InChI=1S/C7H10BN3S/c1-4-6(8)7(11(3)12)10-5(2)9-4/h12H,1H2,2-3H3,(H,9,10). The van der Waals surface area contributed by atoms with E-state index in [-0.39, 0.29) is 0 Å². The molecule has 62 valence electrons. The van der Waals surface area contributed by atoms with Gasteiger partial charge in [-0.3, -0.25) is 0 Å². The van der Waals surface area contributed by atoms with Crippen molar-refractivity contribution in [2.24, 2.45) is 4.99 Å². The first-order valence-electron chi connectivity index (χ1n) is 3.46. The molecule has 1 rings (SSSR count). The van der Waals surface area contributed by atoms with E-state index in [0.717, 1.165) is 5.84 Å². The van der Waals surface area contributed by atoms with Crippen molar-refractivity contribution in [2.75, 3.05) is 7.05 Å². The first-order valence-corrected chi connectivity index (χ1v) is 3.86. The Labute approximate surface area is 79.2 Å². The zero-order valence-corrected chi connectivity index (χ0v) is 8.02. The monoisotopic (exact) mass is 179 g/mol. The van der Waals surface area contributed by atoms with Crippen molar-refractivity contribution >= 4 is 26.5 Å². The maximum Gasteiger partial charge on any atom is 0.134 e. The van der Waals surface area contributed by atoms with Crippen molar-refractivity contribution in [3.63, 3.8) is 0 Å². The minimum Gasteiger partial charge on any atom is -0.345 e. The second kappa shape index (κ2) is 3.27. The maximum absolute atomic E-state index is 5.71. The van der Waals surface area contributed by atoms with E-state index >= 15 is 0 Å². The van der Waals surface area contributed by atoms with E-state index in [0.29, 0.717) is 17.0 Å². The van der Waals surface area contributed by atoms with Crippen LogP contribution in [0.1, 0.15) is 6.92 Å². The zero-order chi connectivity index (χ0) is 9.30. The molecule has 0 aromatic carbocycles. The van der Waals surface area contributed by atoms with E-state index in [4.69, 9.17) is 7.85 Å². The highest BCUT2D eigenvalue weighted by Crippen LogP contribution is 2.17. The lowest BCUT2D eigenvalue weighted by molar-refractivity contribution is 0.687. The number of thiol groups is 1. The summed E-state index contributed by atoms with van der Waals surface area (Å²) < 4.78 is 1.56. The fourth-order valence-electron chi connectivity index (χ4n) is 0.914. The number of rotatable bonds is 1. The van der Waals surface area contributed by atoms with Crippen LogP contribution in [-0.2, 0) is 0 Å². The van der Waals surface area contributed by atoms with Gasteiger partial charge in [-0.2, -0.15) is 0 Å². The molecule has 0 unspecified atom stereocenters. The minimum atomic E-state index is 0.526. The molecule has 1 aliphatic heterocycles. The third kappa shape index (κ3) is 1.66. The predicted octanol–water partition coefficient (Wildman–Crippen LogP) is 0.636. The summed E-state index contributed by atoms with van der Waals surface area (Å²) in [6.45, 7) is 5.58. The predicted molar refractivity (Wildman–Crippen MR) is 54.9 cm³/mol. The van der Waals surface area contributed by atoms with Gasteiger partial charge >= 0.3 is 0 Å². The topological polar surface area (TPSA) is 27.6 Å². The van der Waals surface area contributed by atoms with Gasteiger partial charge in [0.15, 0.2) is 0 Å². The fraction of sp³-hybridized carbons (Fsp3) is 0.286. The molecule has 0 aliphatic carbocycles. The van der Waals surface area contributed by atoms with Crippen LogP contribution in [0.25, 0.3) is 0 Å². The molecule has 0 atom stereocenters. The zero-order valence-electron chi connectivity index (χ0n) is 7.13. The molecule has 0 bridgehead atoms. The van der Waals surface area contributed by atoms with E-state index < -0.39 is 0 Å². The first-order chi connectivity index (χ1) is 5.52. The van der Waals surface area contributed by atoms with Crippen LogP contribution in [0.15, 0.2) is 28.6 Å². The average molecular weight is 179 g/mol. The third-order valence-corrected chi connectivity index (χ3v) is 1.67. The molecule has 1 aliphatic rings. The van der Waals surface area contributed by atoms with Crippen LogP contribution < -0.4 is 5.32 Å². The van der Waals surface area contributed by atoms with Crippen LogP contribution in [0, 0.1) is 0 Å². The van der Waals surface area contributed by atoms with Gasteiger partial charge in [0.2, 0.25) is 0 Å². The molecule has 1 N–H and O–H groups in total. The average Bonchev–Trinajstić information content (AvgIpc) is 1.96. The molecule has 12 heavy (non-hydrogen) atoms. The summed E-state index contributed by atoms with van der Waals surface area (Å²) in [5.41, 5.74) is 1.19. The van der Waals surface area contributed by atoms with Gasteiger partial charge in [-0.1, -0.05) is 19.4 Å². The number of aliphatic imine (C=N–C) groups is 1. The van der Waals surface area contributed by atoms with Crippen molar-refractivity contribution < 1.29 is 0 Å². The molecular weight excluding hydrogens is 169 g/mol. The highest BCUT2D eigenvalue weighted by molar-refractivity contribution is 7.77. The summed E-state index contributed by atoms with van der Waals surface area (Å²) in [7, 11) is 7.47. The fourth-order valence-corrected chi connectivity index (χ4v) is 1.07. The SMILES string of the molecule is [B]C1=C(N(C)S)N=C(C)NC1=C. The molecule has 0 aromatic heterocycles. The quantitative estimate of drug-likeness (QED) is 0.456. The summed E-state index contributed by atoms with van der Waals surface area (Å²) >= 11 is 4.10. The van der Waals surface area contributed by atoms with Gasteiger partial charge in [-0.25, -0.2) is 4.99 Å². The van der Waals surface area contributed by atoms with Crippen molar-refractivity contribution in [1.82, 2.24) is 9.62 Å². The lowest BCUT2D eigenvalue weighted by Crippen LogP contribution is -2.27. The van der Waals surface area contributed by atoms with E-state index in [1.54, 1.807) is 11.4 Å². The van der Waals surface area contributed by atoms with Crippen molar-refractivity contribution in [3.8, 4) is 0 Å². The molecular formula is C7H10BN3S. The van der Waals surface area contributed by atoms with Gasteiger partial charge in [0, 0.05) is 12.7 Å². The molecule has 2 radical (unpaired) electrons. The van der Waals surface area contributed by atoms with E-state index in [1.165, 1.54) is 0 Å². The smallest absolute Gasteiger partial charge is 0.134 e. The summed E-state index contributed by atoms with van der Waals surface area (Å²) in [6, 6.07) is 0. The summed E-state index contributed by atoms with van der Waals surface area (Å²) in [4.78, 5) is 4.16. The van der Waals surface area contributed by atoms with Crippen LogP contribution in [-0.4, -0.2) is 25.0 Å². The van der Waals surface area contributed by atoms with Crippen LogP contribution in [0.4, 0.5) is 0 Å². The van der Waals surface area contributed by atoms with Gasteiger partial charge in [0.25, 0.3) is 0 Å². The molecule has 0 saturated carbocycles. The Kier molecular flexibility index (Phi) is 2.52. The molecule has 0 aromatic rings. The van der Waals surface area contributed by atoms with Gasteiger partial charge in [-0.15, -0.1) is 0 Å². The number of nitrogens with one attached hydrogen (secondary N) is 1. The maximum atomic E-state index is 5.71. The van der Waals surface area contributed by atoms with E-state index in [9.17, 15) is 0 Å². The highest BCUT2D eigenvalue weighted by atomic mass is 32.1. The Balaban J connectivity index is 3.08. The van der Waals surface area contributed by atoms with Gasteiger partial charge < -0.3 is 9.62 Å². The number of amidine groups is 1. The number of allylic oxidation sites excluding steroid dienone is 1. The minimum absolute atomic E-state index is 0.526. The normalized spacial score (nSPS) is 17.2.